The molecule has 1 fully saturated rings. The lowest BCUT2D eigenvalue weighted by Gasteiger charge is -2.38. The molecule has 5 heteroatoms. The van der Waals surface area contributed by atoms with Crippen molar-refractivity contribution in [3.8, 4) is 0 Å². The molecule has 2 heterocycles. The van der Waals surface area contributed by atoms with Crippen molar-refractivity contribution < 1.29 is 0 Å². The number of hydrogen-bond donors (Lipinski definition) is 0. The largest absolute Gasteiger partial charge is 0.366 e. The molecule has 1 atom stereocenters. The molecule has 0 spiro atoms. The maximum atomic E-state index is 12.1. The topological polar surface area (TPSA) is 38.1 Å². The average Bonchev–Trinajstić information content (AvgIpc) is 2.59. The maximum absolute atomic E-state index is 12.1. The molecule has 2 aromatic rings. The molecule has 1 unspecified atom stereocenters. The standard InChI is InChI=1S/C18H22BrN3O/c1-21-18(23)17(19)16(13-20-21)22-12-6-5-9-15(22)11-10-14-7-3-2-4-8-14/h2-4,7-8,13,15H,5-6,9-12H2,1H3. The van der Waals surface area contributed by atoms with E-state index >= 15 is 0 Å². The minimum absolute atomic E-state index is 0.0742. The van der Waals surface area contributed by atoms with Gasteiger partial charge in [-0.3, -0.25) is 4.79 Å². The van der Waals surface area contributed by atoms with Crippen LogP contribution in [-0.2, 0) is 13.5 Å². The Bertz CT molecular complexity index is 714. The summed E-state index contributed by atoms with van der Waals surface area (Å²) in [6, 6.07) is 11.1. The number of rotatable bonds is 4. The zero-order valence-corrected chi connectivity index (χ0v) is 15.0. The molecule has 0 radical (unpaired) electrons. The zero-order valence-electron chi connectivity index (χ0n) is 13.4. The second-order valence-electron chi connectivity index (χ2n) is 6.14. The van der Waals surface area contributed by atoms with Gasteiger partial charge >= 0.3 is 0 Å². The van der Waals surface area contributed by atoms with Crippen LogP contribution in [0, 0.1) is 0 Å². The van der Waals surface area contributed by atoms with Crippen LogP contribution in [0.2, 0.25) is 0 Å². The highest BCUT2D eigenvalue weighted by Crippen LogP contribution is 2.30. The van der Waals surface area contributed by atoms with Gasteiger partial charge in [0.05, 0.1) is 11.9 Å². The maximum Gasteiger partial charge on any atom is 0.282 e. The van der Waals surface area contributed by atoms with Gasteiger partial charge in [0.15, 0.2) is 0 Å². The van der Waals surface area contributed by atoms with Crippen LogP contribution in [0.4, 0.5) is 5.69 Å². The second kappa shape index (κ2) is 7.30. The number of aryl methyl sites for hydroxylation is 2. The first-order valence-electron chi connectivity index (χ1n) is 8.19. The van der Waals surface area contributed by atoms with E-state index in [4.69, 9.17) is 0 Å². The third-order valence-corrected chi connectivity index (χ3v) is 5.35. The van der Waals surface area contributed by atoms with E-state index in [1.54, 1.807) is 7.05 Å². The van der Waals surface area contributed by atoms with Gasteiger partial charge in [0.1, 0.15) is 4.47 Å². The van der Waals surface area contributed by atoms with Crippen molar-refractivity contribution in [3.05, 3.63) is 56.9 Å². The van der Waals surface area contributed by atoms with E-state index in [9.17, 15) is 4.79 Å². The summed E-state index contributed by atoms with van der Waals surface area (Å²) in [5.41, 5.74) is 2.24. The Hall–Kier alpha value is -1.62. The van der Waals surface area contributed by atoms with Crippen LogP contribution in [0.5, 0.6) is 0 Å². The van der Waals surface area contributed by atoms with Crippen LogP contribution in [-0.4, -0.2) is 22.4 Å². The molecule has 0 saturated carbocycles. The summed E-state index contributed by atoms with van der Waals surface area (Å²) in [7, 11) is 1.68. The van der Waals surface area contributed by atoms with Gasteiger partial charge in [0, 0.05) is 19.6 Å². The lowest BCUT2D eigenvalue weighted by molar-refractivity contribution is 0.436. The molecule has 0 bridgehead atoms. The van der Waals surface area contributed by atoms with Gasteiger partial charge in [-0.1, -0.05) is 30.3 Å². The lowest BCUT2D eigenvalue weighted by Crippen LogP contribution is -2.41. The molecule has 1 aliphatic heterocycles. The van der Waals surface area contributed by atoms with Crippen molar-refractivity contribution in [3.63, 3.8) is 0 Å². The summed E-state index contributed by atoms with van der Waals surface area (Å²) < 4.78 is 2.00. The van der Waals surface area contributed by atoms with Crippen molar-refractivity contribution >= 4 is 21.6 Å². The molecule has 1 aromatic carbocycles. The van der Waals surface area contributed by atoms with Gasteiger partial charge in [0.2, 0.25) is 0 Å². The van der Waals surface area contributed by atoms with Gasteiger partial charge in [0.25, 0.3) is 5.56 Å². The van der Waals surface area contributed by atoms with E-state index < -0.39 is 0 Å². The van der Waals surface area contributed by atoms with Crippen LogP contribution in [0.1, 0.15) is 31.2 Å². The molecule has 122 valence electrons. The summed E-state index contributed by atoms with van der Waals surface area (Å²) >= 11 is 3.48. The number of piperidine rings is 1. The summed E-state index contributed by atoms with van der Waals surface area (Å²) in [5.74, 6) is 0. The minimum Gasteiger partial charge on any atom is -0.366 e. The Morgan fingerprint density at radius 2 is 2.04 bits per heavy atom. The van der Waals surface area contributed by atoms with Gasteiger partial charge in [-0.25, -0.2) is 4.68 Å². The van der Waals surface area contributed by atoms with E-state index in [1.807, 2.05) is 6.20 Å². The molecule has 0 N–H and O–H groups in total. The first kappa shape index (κ1) is 16.2. The third-order valence-electron chi connectivity index (χ3n) is 4.61. The van der Waals surface area contributed by atoms with Gasteiger partial charge in [-0.05, 0) is 53.6 Å². The predicted octanol–water partition coefficient (Wildman–Crippen LogP) is 3.53. The first-order valence-corrected chi connectivity index (χ1v) is 8.98. The van der Waals surface area contributed by atoms with Crippen LogP contribution < -0.4 is 10.5 Å². The Morgan fingerprint density at radius 3 is 2.83 bits per heavy atom. The van der Waals surface area contributed by atoms with Gasteiger partial charge < -0.3 is 4.90 Å². The summed E-state index contributed by atoms with van der Waals surface area (Å²) in [5, 5.41) is 4.20. The molecule has 1 aromatic heterocycles. The van der Waals surface area contributed by atoms with Crippen LogP contribution in [0.25, 0.3) is 0 Å². The second-order valence-corrected chi connectivity index (χ2v) is 6.93. The molecule has 23 heavy (non-hydrogen) atoms. The van der Waals surface area contributed by atoms with Crippen molar-refractivity contribution in [2.75, 3.05) is 11.4 Å². The molecular weight excluding hydrogens is 354 g/mol. The normalized spacial score (nSPS) is 18.2. The van der Waals surface area contributed by atoms with Crippen molar-refractivity contribution in [1.29, 1.82) is 0 Å². The fourth-order valence-corrected chi connectivity index (χ4v) is 3.88. The Balaban J connectivity index is 1.79. The number of nitrogens with zero attached hydrogens (tertiary/aromatic N) is 3. The highest BCUT2D eigenvalue weighted by Gasteiger charge is 2.25. The van der Waals surface area contributed by atoms with Crippen LogP contribution in [0.3, 0.4) is 0 Å². The SMILES string of the molecule is Cn1ncc(N2CCCCC2CCc2ccccc2)c(Br)c1=O. The van der Waals surface area contributed by atoms with Crippen molar-refractivity contribution in [1.82, 2.24) is 9.78 Å². The number of anilines is 1. The molecule has 4 nitrogen and oxygen atoms in total. The number of hydrogen-bond acceptors (Lipinski definition) is 3. The van der Waals surface area contributed by atoms with E-state index in [-0.39, 0.29) is 5.56 Å². The number of benzene rings is 1. The highest BCUT2D eigenvalue weighted by atomic mass is 79.9. The number of halogens is 1. The van der Waals surface area contributed by atoms with Crippen molar-refractivity contribution in [2.24, 2.45) is 7.05 Å². The van der Waals surface area contributed by atoms with Gasteiger partial charge in [-0.2, -0.15) is 5.10 Å². The summed E-state index contributed by atoms with van der Waals surface area (Å²) in [4.78, 5) is 14.5. The molecule has 3 rings (SSSR count). The summed E-state index contributed by atoms with van der Waals surface area (Å²) in [6.07, 6.45) is 7.58. The number of aromatic nitrogens is 2. The Labute approximate surface area is 145 Å². The Morgan fingerprint density at radius 1 is 1.26 bits per heavy atom. The van der Waals surface area contributed by atoms with E-state index in [2.05, 4.69) is 56.3 Å². The average molecular weight is 376 g/mol. The summed E-state index contributed by atoms with van der Waals surface area (Å²) in [6.45, 7) is 0.993. The monoisotopic (exact) mass is 375 g/mol. The van der Waals surface area contributed by atoms with Crippen molar-refractivity contribution in [2.45, 2.75) is 38.1 Å². The molecule has 0 aliphatic carbocycles. The fraction of sp³-hybridized carbons (Fsp3) is 0.444. The smallest absolute Gasteiger partial charge is 0.282 e. The van der Waals surface area contributed by atoms with Crippen LogP contribution in [0.15, 0.2) is 45.8 Å². The van der Waals surface area contributed by atoms with Gasteiger partial charge in [-0.15, -0.1) is 0 Å². The lowest BCUT2D eigenvalue weighted by atomic mass is 9.95. The molecule has 1 aliphatic rings. The van der Waals surface area contributed by atoms with Crippen LogP contribution >= 0.6 is 15.9 Å². The van der Waals surface area contributed by atoms with E-state index in [0.29, 0.717) is 10.5 Å². The first-order chi connectivity index (χ1) is 11.2. The van der Waals surface area contributed by atoms with E-state index in [1.165, 1.54) is 29.5 Å². The molecular formula is C18H22BrN3O. The molecule has 1 saturated heterocycles. The fourth-order valence-electron chi connectivity index (χ4n) is 3.30. The Kier molecular flexibility index (Phi) is 5.16. The zero-order chi connectivity index (χ0) is 16.2. The third kappa shape index (κ3) is 3.66. The quantitative estimate of drug-likeness (QED) is 0.820. The van der Waals surface area contributed by atoms with E-state index in [0.717, 1.165) is 25.1 Å². The predicted molar refractivity (Wildman–Crippen MR) is 96.9 cm³/mol. The minimum atomic E-state index is -0.0742. The molecule has 0 amide bonds. The highest BCUT2D eigenvalue weighted by molar-refractivity contribution is 9.10.